The Morgan fingerprint density at radius 1 is 1.32 bits per heavy atom. The van der Waals surface area contributed by atoms with E-state index in [4.69, 9.17) is 20.4 Å². The molecule has 2 rings (SSSR count). The number of hydrogen-bond acceptors (Lipinski definition) is 7. The second-order valence-corrected chi connectivity index (χ2v) is 4.67. The van der Waals surface area contributed by atoms with Crippen LogP contribution in [-0.2, 0) is 14.4 Å². The second kappa shape index (κ2) is 7.53. The molecule has 3 N–H and O–H groups in total. The summed E-state index contributed by atoms with van der Waals surface area (Å²) in [7, 11) is 0. The number of nitrogens with two attached hydrogens (primary N) is 1. The summed E-state index contributed by atoms with van der Waals surface area (Å²) in [5.41, 5.74) is 6.47. The molecule has 1 unspecified atom stereocenters. The highest BCUT2D eigenvalue weighted by molar-refractivity contribution is 6.35. The number of Topliss-reactive ketones (excluding diaryl/α,β-unsaturated/α-hetero) is 1. The SMILES string of the molecule is Nc1ccc(C(=O)C=NOC(C(=O)O)N2CCOCC2)cc1. The minimum absolute atomic E-state index is 0.389. The van der Waals surface area contributed by atoms with Crippen molar-refractivity contribution in [2.24, 2.45) is 5.16 Å². The molecule has 0 aliphatic carbocycles. The number of aliphatic carboxylic acids is 1. The summed E-state index contributed by atoms with van der Waals surface area (Å²) in [6.45, 7) is 1.72. The number of nitrogens with zero attached hydrogens (tertiary/aromatic N) is 2. The van der Waals surface area contributed by atoms with Crippen LogP contribution in [0.4, 0.5) is 5.69 Å². The van der Waals surface area contributed by atoms with Gasteiger partial charge in [0.2, 0.25) is 5.78 Å². The number of oxime groups is 1. The van der Waals surface area contributed by atoms with Crippen molar-refractivity contribution in [3.63, 3.8) is 0 Å². The van der Waals surface area contributed by atoms with Crippen molar-refractivity contribution in [1.82, 2.24) is 4.90 Å². The third-order valence-electron chi connectivity index (χ3n) is 3.11. The number of carboxylic acid groups (broad SMARTS) is 1. The van der Waals surface area contributed by atoms with Gasteiger partial charge in [-0.2, -0.15) is 0 Å². The lowest BCUT2D eigenvalue weighted by Gasteiger charge is -2.29. The molecule has 0 amide bonds. The van der Waals surface area contributed by atoms with Gasteiger partial charge in [-0.15, -0.1) is 0 Å². The van der Waals surface area contributed by atoms with Gasteiger partial charge in [-0.05, 0) is 24.3 Å². The number of ether oxygens (including phenoxy) is 1. The maximum Gasteiger partial charge on any atom is 0.363 e. The van der Waals surface area contributed by atoms with E-state index in [0.717, 1.165) is 6.21 Å². The third kappa shape index (κ3) is 4.27. The van der Waals surface area contributed by atoms with E-state index in [1.165, 1.54) is 0 Å². The first-order chi connectivity index (χ1) is 10.6. The first-order valence-electron chi connectivity index (χ1n) is 6.71. The molecule has 1 atom stereocenters. The standard InChI is InChI=1S/C14H17N3O5/c15-11-3-1-10(2-4-11)12(18)9-16-22-13(14(19)20)17-5-7-21-8-6-17/h1-4,9,13H,5-8,15H2,(H,19,20). The summed E-state index contributed by atoms with van der Waals surface area (Å²) in [6.07, 6.45) is -0.290. The Bertz CT molecular complexity index is 552. The first kappa shape index (κ1) is 15.9. The maximum absolute atomic E-state index is 11.8. The molecule has 22 heavy (non-hydrogen) atoms. The molecule has 0 bridgehead atoms. The Kier molecular flexibility index (Phi) is 5.45. The molecule has 0 radical (unpaired) electrons. The van der Waals surface area contributed by atoms with E-state index < -0.39 is 18.0 Å². The normalized spacial score (nSPS) is 17.3. The zero-order valence-electron chi connectivity index (χ0n) is 11.8. The quantitative estimate of drug-likeness (QED) is 0.334. The second-order valence-electron chi connectivity index (χ2n) is 4.67. The van der Waals surface area contributed by atoms with Crippen molar-refractivity contribution in [2.45, 2.75) is 6.23 Å². The average Bonchev–Trinajstić information content (AvgIpc) is 2.52. The van der Waals surface area contributed by atoms with Crippen LogP contribution in [0.5, 0.6) is 0 Å². The van der Waals surface area contributed by atoms with E-state index in [1.54, 1.807) is 29.2 Å². The van der Waals surface area contributed by atoms with E-state index in [2.05, 4.69) is 5.16 Å². The fraction of sp³-hybridized carbons (Fsp3) is 0.357. The van der Waals surface area contributed by atoms with Crippen molar-refractivity contribution in [3.05, 3.63) is 29.8 Å². The molecule has 8 heteroatoms. The van der Waals surface area contributed by atoms with E-state index in [9.17, 15) is 9.59 Å². The van der Waals surface area contributed by atoms with E-state index >= 15 is 0 Å². The molecule has 1 aliphatic rings. The number of rotatable bonds is 6. The molecule has 118 valence electrons. The number of morpholine rings is 1. The van der Waals surface area contributed by atoms with Crippen molar-refractivity contribution in [3.8, 4) is 0 Å². The van der Waals surface area contributed by atoms with Crippen molar-refractivity contribution >= 4 is 23.7 Å². The minimum Gasteiger partial charge on any atom is -0.477 e. The van der Waals surface area contributed by atoms with Gasteiger partial charge in [0.15, 0.2) is 0 Å². The maximum atomic E-state index is 11.8. The van der Waals surface area contributed by atoms with E-state index in [0.29, 0.717) is 37.6 Å². The highest BCUT2D eigenvalue weighted by Gasteiger charge is 2.29. The topological polar surface area (TPSA) is 114 Å². The molecule has 1 heterocycles. The molecular weight excluding hydrogens is 290 g/mol. The fourth-order valence-electron chi connectivity index (χ4n) is 1.94. The number of anilines is 1. The van der Waals surface area contributed by atoms with Gasteiger partial charge in [-0.3, -0.25) is 9.69 Å². The zero-order chi connectivity index (χ0) is 15.9. The molecule has 1 aromatic rings. The molecule has 1 aliphatic heterocycles. The van der Waals surface area contributed by atoms with Gasteiger partial charge in [0.25, 0.3) is 6.23 Å². The number of nitrogen functional groups attached to an aromatic ring is 1. The van der Waals surface area contributed by atoms with Crippen LogP contribution in [0.2, 0.25) is 0 Å². The molecule has 0 spiro atoms. The van der Waals surface area contributed by atoms with Crippen molar-refractivity contribution in [1.29, 1.82) is 0 Å². The number of carbonyl (C=O) groups is 2. The monoisotopic (exact) mass is 307 g/mol. The lowest BCUT2D eigenvalue weighted by Crippen LogP contribution is -2.48. The van der Waals surface area contributed by atoms with Crippen LogP contribution in [0.15, 0.2) is 29.4 Å². The van der Waals surface area contributed by atoms with Crippen LogP contribution in [0.25, 0.3) is 0 Å². The molecule has 8 nitrogen and oxygen atoms in total. The van der Waals surface area contributed by atoms with Crippen LogP contribution in [-0.4, -0.2) is 60.5 Å². The number of benzene rings is 1. The Labute approximate surface area is 127 Å². The van der Waals surface area contributed by atoms with Crippen LogP contribution in [0.3, 0.4) is 0 Å². The van der Waals surface area contributed by atoms with Crippen LogP contribution in [0, 0.1) is 0 Å². The van der Waals surface area contributed by atoms with Gasteiger partial charge in [-0.1, -0.05) is 5.16 Å². The predicted molar refractivity (Wildman–Crippen MR) is 78.6 cm³/mol. The Morgan fingerprint density at radius 3 is 2.55 bits per heavy atom. The average molecular weight is 307 g/mol. The van der Waals surface area contributed by atoms with Gasteiger partial charge in [0.1, 0.15) is 6.21 Å². The van der Waals surface area contributed by atoms with Gasteiger partial charge >= 0.3 is 5.97 Å². The molecule has 1 saturated heterocycles. The molecule has 1 fully saturated rings. The first-order valence-corrected chi connectivity index (χ1v) is 6.71. The number of carboxylic acids is 1. The lowest BCUT2D eigenvalue weighted by atomic mass is 10.1. The lowest BCUT2D eigenvalue weighted by molar-refractivity contribution is -0.169. The minimum atomic E-state index is -1.24. The van der Waals surface area contributed by atoms with E-state index in [1.807, 2.05) is 0 Å². The van der Waals surface area contributed by atoms with E-state index in [-0.39, 0.29) is 0 Å². The summed E-state index contributed by atoms with van der Waals surface area (Å²) in [5.74, 6) is -1.56. The van der Waals surface area contributed by atoms with Crippen LogP contribution >= 0.6 is 0 Å². The summed E-state index contributed by atoms with van der Waals surface area (Å²) in [6, 6.07) is 6.30. The van der Waals surface area contributed by atoms with Crippen molar-refractivity contribution in [2.75, 3.05) is 32.0 Å². The molecule has 0 saturated carbocycles. The Hall–Kier alpha value is -2.45. The highest BCUT2D eigenvalue weighted by Crippen LogP contribution is 2.08. The van der Waals surface area contributed by atoms with Crippen LogP contribution < -0.4 is 5.73 Å². The van der Waals surface area contributed by atoms with Gasteiger partial charge in [0, 0.05) is 24.3 Å². The highest BCUT2D eigenvalue weighted by atomic mass is 16.7. The molecule has 1 aromatic carbocycles. The predicted octanol–water partition coefficient (Wildman–Crippen LogP) is 0.197. The number of ketones is 1. The summed E-state index contributed by atoms with van der Waals surface area (Å²) >= 11 is 0. The Balaban J connectivity index is 1.94. The smallest absolute Gasteiger partial charge is 0.363 e. The Morgan fingerprint density at radius 2 is 1.95 bits per heavy atom. The van der Waals surface area contributed by atoms with Gasteiger partial charge in [0.05, 0.1) is 13.2 Å². The summed E-state index contributed by atoms with van der Waals surface area (Å²) in [5, 5.41) is 12.7. The number of hydrogen-bond donors (Lipinski definition) is 2. The summed E-state index contributed by atoms with van der Waals surface area (Å²) < 4.78 is 5.15. The summed E-state index contributed by atoms with van der Waals surface area (Å²) in [4.78, 5) is 29.6. The molecule has 0 aromatic heterocycles. The number of carbonyl (C=O) groups excluding carboxylic acids is 1. The zero-order valence-corrected chi connectivity index (χ0v) is 11.8. The fourth-order valence-corrected chi connectivity index (χ4v) is 1.94. The van der Waals surface area contributed by atoms with Crippen LogP contribution in [0.1, 0.15) is 10.4 Å². The van der Waals surface area contributed by atoms with Crippen molar-refractivity contribution < 1.29 is 24.3 Å². The molecular formula is C14H17N3O5. The van der Waals surface area contributed by atoms with Gasteiger partial charge in [-0.25, -0.2) is 4.79 Å². The third-order valence-corrected chi connectivity index (χ3v) is 3.11. The van der Waals surface area contributed by atoms with Gasteiger partial charge < -0.3 is 20.4 Å². The largest absolute Gasteiger partial charge is 0.477 e.